The molecular weight excluding hydrogens is 1050 g/mol. The molecule has 0 spiro atoms. The average molecular weight is 1100 g/mol. The second-order valence-corrected chi connectivity index (χ2v) is 20.8. The number of carbonyl (C=O) groups is 4. The van der Waals surface area contributed by atoms with Crippen molar-refractivity contribution in [3.63, 3.8) is 0 Å². The van der Waals surface area contributed by atoms with Crippen LogP contribution in [0, 0.1) is 0 Å². The van der Waals surface area contributed by atoms with Gasteiger partial charge in [-0.2, -0.15) is 0 Å². The minimum atomic E-state index is -3.71. The molecule has 3 aliphatic heterocycles. The van der Waals surface area contributed by atoms with Gasteiger partial charge in [-0.15, -0.1) is 5.10 Å². The van der Waals surface area contributed by atoms with Crippen LogP contribution in [0.3, 0.4) is 0 Å². The van der Waals surface area contributed by atoms with Crippen molar-refractivity contribution in [2.75, 3.05) is 24.6 Å². The molecule has 0 saturated carbocycles. The van der Waals surface area contributed by atoms with E-state index in [1.807, 2.05) is 0 Å². The number of fused-ring (bicyclic) bond motifs is 2. The maximum atomic E-state index is 12.7. The first-order valence-corrected chi connectivity index (χ1v) is 26.9. The summed E-state index contributed by atoms with van der Waals surface area (Å²) in [5.74, 6) is 3.76. The molecule has 2 saturated heterocycles. The second-order valence-electron chi connectivity index (χ2n) is 16.9. The number of amidine groups is 1. The molecule has 0 bridgehead atoms. The summed E-state index contributed by atoms with van der Waals surface area (Å²) in [4.78, 5) is 73.6. The van der Waals surface area contributed by atoms with Crippen molar-refractivity contribution in [1.82, 2.24) is 54.0 Å². The Hall–Kier alpha value is -7.78. The molecule has 31 heteroatoms. The van der Waals surface area contributed by atoms with Gasteiger partial charge in [0, 0.05) is 53.5 Å². The topological polar surface area (TPSA) is 424 Å². The predicted octanol–water partition coefficient (Wildman–Crippen LogP) is 1.24. The molecule has 76 heavy (non-hydrogen) atoms. The molecular formula is C45H50N16O12S3. The number of allylic oxidation sites excluding steroid dienone is 1. The maximum absolute atomic E-state index is 12.7. The monoisotopic (exact) mass is 1100 g/mol. The first kappa shape index (κ1) is 54.5. The summed E-state index contributed by atoms with van der Waals surface area (Å²) >= 11 is -2.16. The van der Waals surface area contributed by atoms with Gasteiger partial charge < -0.3 is 31.8 Å². The summed E-state index contributed by atoms with van der Waals surface area (Å²) in [7, 11) is -5.76. The van der Waals surface area contributed by atoms with Crippen LogP contribution in [0.25, 0.3) is 27.2 Å². The van der Waals surface area contributed by atoms with E-state index in [0.29, 0.717) is 59.1 Å². The van der Waals surface area contributed by atoms with Gasteiger partial charge in [-0.25, -0.2) is 62.8 Å². The van der Waals surface area contributed by atoms with E-state index >= 15 is 0 Å². The van der Waals surface area contributed by atoms with E-state index in [9.17, 15) is 41.1 Å². The van der Waals surface area contributed by atoms with Gasteiger partial charge >= 0.3 is 0 Å². The van der Waals surface area contributed by atoms with Gasteiger partial charge in [-0.3, -0.25) is 37.2 Å². The number of anilines is 2. The van der Waals surface area contributed by atoms with E-state index in [1.165, 1.54) is 30.9 Å². The summed E-state index contributed by atoms with van der Waals surface area (Å²) in [6, 6.07) is 12.7. The maximum Gasteiger partial charge on any atom is 0.289 e. The molecule has 6 atom stereocenters. The Kier molecular flexibility index (Phi) is 17.4. The summed E-state index contributed by atoms with van der Waals surface area (Å²) < 4.78 is 74.3. The van der Waals surface area contributed by atoms with Crippen LogP contribution < -0.4 is 38.0 Å². The van der Waals surface area contributed by atoms with Crippen LogP contribution in [-0.4, -0.2) is 115 Å². The number of hydrogen-bond acceptors (Lipinski definition) is 23. The number of aliphatic hydroxyl groups is 1. The number of nitrogens with zero attached hydrogens (tertiary/aromatic N) is 9. The Morgan fingerprint density at radius 2 is 1.41 bits per heavy atom. The van der Waals surface area contributed by atoms with E-state index in [0.717, 1.165) is 5.41 Å². The lowest BCUT2D eigenvalue weighted by molar-refractivity contribution is -0.119. The number of hydrazine groups is 1. The Labute approximate surface area is 437 Å². The highest BCUT2D eigenvalue weighted by molar-refractivity contribution is 8.11. The summed E-state index contributed by atoms with van der Waals surface area (Å²) in [5.41, 5.74) is 22.7. The fourth-order valence-electron chi connectivity index (χ4n) is 8.24. The van der Waals surface area contributed by atoms with Crippen molar-refractivity contribution < 1.29 is 54.8 Å². The van der Waals surface area contributed by atoms with Gasteiger partial charge in [-0.1, -0.05) is 54.6 Å². The number of nitrogens with one attached hydrogen (secondary N) is 3. The molecule has 3 aliphatic rings. The number of imidazole rings is 2. The van der Waals surface area contributed by atoms with Gasteiger partial charge in [0.25, 0.3) is 16.4 Å². The normalized spacial score (nSPS) is 20.1. The van der Waals surface area contributed by atoms with Crippen LogP contribution in [0.1, 0.15) is 95.7 Å². The van der Waals surface area contributed by atoms with E-state index in [2.05, 4.69) is 50.0 Å². The summed E-state index contributed by atoms with van der Waals surface area (Å²) in [6.45, 7) is 0.0565. The molecule has 1 amide bonds. The third-order valence-electron chi connectivity index (χ3n) is 12.0. The number of sulfonamides is 1. The zero-order valence-electron chi connectivity index (χ0n) is 40.0. The Morgan fingerprint density at radius 1 is 0.829 bits per heavy atom. The number of nitrogen functional groups attached to an aromatic ring is 2. The van der Waals surface area contributed by atoms with Crippen molar-refractivity contribution >= 4 is 99.4 Å². The van der Waals surface area contributed by atoms with E-state index in [4.69, 9.17) is 36.7 Å². The zero-order valence-corrected chi connectivity index (χ0v) is 42.4. The molecule has 400 valence electrons. The highest BCUT2D eigenvalue weighted by Crippen LogP contribution is 2.35. The van der Waals surface area contributed by atoms with Crippen molar-refractivity contribution in [1.29, 1.82) is 0 Å². The first-order valence-electron chi connectivity index (χ1n) is 23.1. The quantitative estimate of drug-likeness (QED) is 0.0165. The smallest absolute Gasteiger partial charge is 0.289 e. The molecule has 6 aromatic rings. The highest BCUT2D eigenvalue weighted by atomic mass is 32.2. The Balaban J connectivity index is 0.000000202. The van der Waals surface area contributed by atoms with Crippen LogP contribution in [0.5, 0.6) is 0 Å². The number of ether oxygens (including phenoxy) is 2. The van der Waals surface area contributed by atoms with Gasteiger partial charge in [-0.05, 0) is 32.1 Å². The van der Waals surface area contributed by atoms with Crippen LogP contribution in [-0.2, 0) is 55.3 Å². The van der Waals surface area contributed by atoms with Crippen LogP contribution in [0.4, 0.5) is 11.6 Å². The first-order chi connectivity index (χ1) is 36.5. The molecule has 28 nitrogen and oxygen atoms in total. The minimum absolute atomic E-state index is 0.0477. The number of benzene rings is 2. The summed E-state index contributed by atoms with van der Waals surface area (Å²) in [5, 5.41) is 13.6. The molecule has 0 aliphatic carbocycles. The molecule has 2 aromatic carbocycles. The number of amides is 1. The number of aliphatic hydroxyl groups excluding tert-OH is 1. The largest absolute Gasteiger partial charge is 0.503 e. The minimum Gasteiger partial charge on any atom is -0.503 e. The summed E-state index contributed by atoms with van der Waals surface area (Å²) in [6.07, 6.45) is 8.17. The van der Waals surface area contributed by atoms with Crippen molar-refractivity contribution in [2.24, 2.45) is 16.7 Å². The van der Waals surface area contributed by atoms with E-state index in [1.54, 1.807) is 58.2 Å². The third-order valence-corrected chi connectivity index (χ3v) is 15.1. The Morgan fingerprint density at radius 3 is 2.04 bits per heavy atom. The zero-order chi connectivity index (χ0) is 54.1. The number of hydrazone groups is 1. The molecule has 9 rings (SSSR count). The van der Waals surface area contributed by atoms with Crippen LogP contribution >= 0.6 is 0 Å². The van der Waals surface area contributed by atoms with Crippen molar-refractivity contribution in [3.8, 4) is 0 Å². The standard InChI is InChI=1S/C23H22N6O8S2.C22H28N10O4S/c24-21-18-22(26-10-25-21)29(11-27-18)17-8-5-12(37-17)9-36-39(35)28-16(31)7-6-15(30)13-3-1-2-4-14(13)20-19(32)23(33)38(20)34;23-20(30-31-25)16-6-2-1-5-15(16)17(33)7-3-4-10-37(34,35)29-11-14-8-9-18(36-14)32-13-28-19-21(24)26-12-27-22(19)32/h1-4,10-12,17,32H,5-9H2,(H,28,31)(H2,24,25,26);1-2,4-6,10,12-14,18,29,31H,3,7-9,11,25H2,(H2,23,30)(H2,24,26,27)/b;10-4+. The predicted molar refractivity (Wildman–Crippen MR) is 275 cm³/mol. The fourth-order valence-corrected chi connectivity index (χ4v) is 10.7. The highest BCUT2D eigenvalue weighted by Gasteiger charge is 2.39. The van der Waals surface area contributed by atoms with Gasteiger partial charge in [0.15, 0.2) is 46.1 Å². The molecule has 2 fully saturated rings. The van der Waals surface area contributed by atoms with E-state index in [-0.39, 0.29) is 103 Å². The number of Topliss-reactive ketones (excluding diaryl/α,β-unsaturated/α-hetero) is 2. The number of ketones is 2. The van der Waals surface area contributed by atoms with E-state index < -0.39 is 54.7 Å². The van der Waals surface area contributed by atoms with Crippen molar-refractivity contribution in [3.05, 3.63) is 113 Å². The van der Waals surface area contributed by atoms with Gasteiger partial charge in [0.1, 0.15) is 51.8 Å². The average Bonchev–Trinajstić information content (AvgIpc) is 4.27. The molecule has 12 N–H and O–H groups in total. The van der Waals surface area contributed by atoms with Gasteiger partial charge in [0.2, 0.25) is 15.9 Å². The fraction of sp³-hybridized carbons (Fsp3) is 0.311. The number of nitrogens with two attached hydrogens (primary N) is 4. The lowest BCUT2D eigenvalue weighted by Crippen LogP contribution is -2.30. The lowest BCUT2D eigenvalue weighted by atomic mass is 9.99. The van der Waals surface area contributed by atoms with Crippen LogP contribution in [0.15, 0.2) is 96.2 Å². The molecule has 0 radical (unpaired) electrons. The molecule has 6 unspecified atom stereocenters. The number of rotatable bonds is 21. The number of aromatic nitrogens is 8. The lowest BCUT2D eigenvalue weighted by Gasteiger charge is -2.18. The SMILES string of the molecule is NN/N=C(\N)c1ccccc1C(=O)CC/C=C/S(=O)(=O)NCC1CCC(n2cnc3c(N)ncnc32)O1.Nc1ncnc2c1ncn2C1CCC(COS(=O)NC(=O)CCC(=O)c2ccccc2C2=C(O)C(=O)S2=O)O1. The molecule has 7 heterocycles. The van der Waals surface area contributed by atoms with Crippen molar-refractivity contribution in [2.45, 2.75) is 76.0 Å². The van der Waals surface area contributed by atoms with Gasteiger partial charge in [0.05, 0.1) is 31.5 Å². The second kappa shape index (κ2) is 24.3. The Bertz CT molecular complexity index is 3460. The molecule has 4 aromatic heterocycles. The number of carbonyl (C=O) groups excluding carboxylic acids is 4. The van der Waals surface area contributed by atoms with Crippen LogP contribution in [0.2, 0.25) is 0 Å². The number of hydrogen-bond donors (Lipinski definition) is 8. The third kappa shape index (κ3) is 12.7.